The van der Waals surface area contributed by atoms with Crippen LogP contribution in [0.5, 0.6) is 0 Å². The van der Waals surface area contributed by atoms with E-state index in [0.717, 1.165) is 23.2 Å². The van der Waals surface area contributed by atoms with Crippen molar-refractivity contribution < 1.29 is 4.79 Å². The van der Waals surface area contributed by atoms with Crippen LogP contribution in [0, 0.1) is 0 Å². The molecule has 0 aliphatic carbocycles. The zero-order valence-corrected chi connectivity index (χ0v) is 14.3. The largest absolute Gasteiger partial charge is 0.358 e. The maximum atomic E-state index is 12.2. The summed E-state index contributed by atoms with van der Waals surface area (Å²) in [6.07, 6.45) is 0.769. The van der Waals surface area contributed by atoms with Gasteiger partial charge in [-0.25, -0.2) is 4.79 Å². The third-order valence-corrected chi connectivity index (χ3v) is 4.15. The van der Waals surface area contributed by atoms with Crippen LogP contribution in [-0.4, -0.2) is 29.5 Å². The Balaban J connectivity index is 1.49. The highest BCUT2D eigenvalue weighted by Crippen LogP contribution is 2.15. The van der Waals surface area contributed by atoms with Crippen molar-refractivity contribution in [2.75, 3.05) is 13.6 Å². The molecular formula is C19H20ClN3O. The number of fused-ring (bicyclic) bond motifs is 1. The Hall–Kier alpha value is -2.46. The number of carbonyl (C=O) groups is 1. The lowest BCUT2D eigenvalue weighted by Gasteiger charge is -2.18. The maximum absolute atomic E-state index is 12.2. The van der Waals surface area contributed by atoms with E-state index in [9.17, 15) is 4.79 Å². The molecule has 0 saturated heterocycles. The first-order valence-electron chi connectivity index (χ1n) is 7.92. The summed E-state index contributed by atoms with van der Waals surface area (Å²) >= 11 is 5.97. The van der Waals surface area contributed by atoms with Gasteiger partial charge in [0.15, 0.2) is 0 Å². The minimum absolute atomic E-state index is 0.0916. The van der Waals surface area contributed by atoms with Gasteiger partial charge in [0.05, 0.1) is 0 Å². The molecule has 0 aliphatic rings. The Morgan fingerprint density at radius 3 is 2.79 bits per heavy atom. The van der Waals surface area contributed by atoms with Gasteiger partial charge in [0, 0.05) is 42.8 Å². The number of benzene rings is 2. The first kappa shape index (κ1) is 16.4. The number of nitrogens with one attached hydrogen (secondary N) is 2. The van der Waals surface area contributed by atoms with Crippen LogP contribution in [0.4, 0.5) is 4.79 Å². The second kappa shape index (κ2) is 7.41. The summed E-state index contributed by atoms with van der Waals surface area (Å²) < 4.78 is 0. The van der Waals surface area contributed by atoms with Crippen molar-refractivity contribution in [3.8, 4) is 0 Å². The second-order valence-electron chi connectivity index (χ2n) is 5.85. The normalized spacial score (nSPS) is 10.8. The van der Waals surface area contributed by atoms with E-state index in [0.29, 0.717) is 18.1 Å². The Bertz CT molecular complexity index is 810. The van der Waals surface area contributed by atoms with Crippen molar-refractivity contribution in [3.63, 3.8) is 0 Å². The average molecular weight is 342 g/mol. The number of nitrogens with zero attached hydrogens (tertiary/aromatic N) is 1. The van der Waals surface area contributed by atoms with Gasteiger partial charge in [0.25, 0.3) is 0 Å². The molecule has 0 spiro atoms. The number of carbonyl (C=O) groups excluding carboxylic acids is 1. The topological polar surface area (TPSA) is 48.1 Å². The number of amides is 2. The van der Waals surface area contributed by atoms with Gasteiger partial charge in [0.2, 0.25) is 0 Å². The lowest BCUT2D eigenvalue weighted by molar-refractivity contribution is 0.207. The summed E-state index contributed by atoms with van der Waals surface area (Å²) in [5.74, 6) is 0. The van der Waals surface area contributed by atoms with Crippen LogP contribution in [0.1, 0.15) is 11.3 Å². The van der Waals surface area contributed by atoms with E-state index in [1.165, 1.54) is 5.39 Å². The molecule has 1 heterocycles. The molecule has 4 nitrogen and oxygen atoms in total. The Morgan fingerprint density at radius 1 is 1.17 bits per heavy atom. The molecule has 0 bridgehead atoms. The van der Waals surface area contributed by atoms with Crippen LogP contribution in [0.3, 0.4) is 0 Å². The molecule has 2 amide bonds. The van der Waals surface area contributed by atoms with Crippen molar-refractivity contribution in [3.05, 3.63) is 70.9 Å². The van der Waals surface area contributed by atoms with Crippen molar-refractivity contribution in [1.29, 1.82) is 0 Å². The van der Waals surface area contributed by atoms with Crippen LogP contribution >= 0.6 is 11.6 Å². The molecule has 0 radical (unpaired) electrons. The highest BCUT2D eigenvalue weighted by molar-refractivity contribution is 6.30. The van der Waals surface area contributed by atoms with Crippen LogP contribution in [0.2, 0.25) is 5.02 Å². The molecule has 1 aromatic heterocycles. The number of hydrogen-bond donors (Lipinski definition) is 2. The summed E-state index contributed by atoms with van der Waals surface area (Å²) in [5.41, 5.74) is 3.25. The zero-order valence-electron chi connectivity index (χ0n) is 13.6. The number of halogens is 1. The van der Waals surface area contributed by atoms with E-state index in [1.807, 2.05) is 36.4 Å². The smallest absolute Gasteiger partial charge is 0.317 e. The number of aromatic nitrogens is 1. The van der Waals surface area contributed by atoms with E-state index in [4.69, 9.17) is 11.6 Å². The Kier molecular flexibility index (Phi) is 5.06. The maximum Gasteiger partial charge on any atom is 0.317 e. The minimum atomic E-state index is -0.0916. The molecule has 0 unspecified atom stereocenters. The SMILES string of the molecule is CN(Cc1cccc(Cl)c1)C(=O)NCCc1cc2ccccc2[nH]1. The molecule has 0 fully saturated rings. The molecule has 0 atom stereocenters. The summed E-state index contributed by atoms with van der Waals surface area (Å²) in [7, 11) is 1.78. The molecule has 2 N–H and O–H groups in total. The molecule has 24 heavy (non-hydrogen) atoms. The number of aromatic amines is 1. The fourth-order valence-corrected chi connectivity index (χ4v) is 2.90. The summed E-state index contributed by atoms with van der Waals surface area (Å²) in [6.45, 7) is 1.12. The Morgan fingerprint density at radius 2 is 2.00 bits per heavy atom. The first-order chi connectivity index (χ1) is 11.6. The molecule has 0 aliphatic heterocycles. The molecule has 2 aromatic carbocycles. The Labute approximate surface area is 146 Å². The monoisotopic (exact) mass is 341 g/mol. The average Bonchev–Trinajstić information content (AvgIpc) is 2.97. The van der Waals surface area contributed by atoms with Crippen molar-refractivity contribution in [1.82, 2.24) is 15.2 Å². The van der Waals surface area contributed by atoms with E-state index >= 15 is 0 Å². The van der Waals surface area contributed by atoms with Gasteiger partial charge in [-0.1, -0.05) is 41.9 Å². The molecule has 3 aromatic rings. The summed E-state index contributed by atoms with van der Waals surface area (Å²) in [5, 5.41) is 4.82. The standard InChI is InChI=1S/C19H20ClN3O/c1-23(13-14-5-4-7-16(20)11-14)19(24)21-10-9-17-12-15-6-2-3-8-18(15)22-17/h2-8,11-12,22H,9-10,13H2,1H3,(H,21,24). The van der Waals surface area contributed by atoms with E-state index in [-0.39, 0.29) is 6.03 Å². The van der Waals surface area contributed by atoms with Crippen molar-refractivity contribution >= 4 is 28.5 Å². The number of H-pyrrole nitrogens is 1. The zero-order chi connectivity index (χ0) is 16.9. The number of para-hydroxylation sites is 1. The van der Waals surface area contributed by atoms with Gasteiger partial charge in [-0.2, -0.15) is 0 Å². The third kappa shape index (κ3) is 4.09. The molecule has 0 saturated carbocycles. The highest BCUT2D eigenvalue weighted by Gasteiger charge is 2.09. The van der Waals surface area contributed by atoms with Gasteiger partial charge >= 0.3 is 6.03 Å². The molecule has 124 valence electrons. The van der Waals surface area contributed by atoms with Gasteiger partial charge in [-0.15, -0.1) is 0 Å². The third-order valence-electron chi connectivity index (χ3n) is 3.91. The molecular weight excluding hydrogens is 322 g/mol. The molecule has 3 rings (SSSR count). The van der Waals surface area contributed by atoms with Crippen LogP contribution < -0.4 is 5.32 Å². The van der Waals surface area contributed by atoms with Gasteiger partial charge < -0.3 is 15.2 Å². The van der Waals surface area contributed by atoms with Crippen molar-refractivity contribution in [2.45, 2.75) is 13.0 Å². The minimum Gasteiger partial charge on any atom is -0.358 e. The fourth-order valence-electron chi connectivity index (χ4n) is 2.69. The number of urea groups is 1. The van der Waals surface area contributed by atoms with Crippen LogP contribution in [0.25, 0.3) is 10.9 Å². The predicted molar refractivity (Wildman–Crippen MR) is 98.3 cm³/mol. The number of hydrogen-bond acceptors (Lipinski definition) is 1. The van der Waals surface area contributed by atoms with Gasteiger partial charge in [0.1, 0.15) is 0 Å². The van der Waals surface area contributed by atoms with E-state index in [1.54, 1.807) is 11.9 Å². The predicted octanol–water partition coefficient (Wildman–Crippen LogP) is 4.21. The second-order valence-corrected chi connectivity index (χ2v) is 6.29. The lowest BCUT2D eigenvalue weighted by atomic mass is 10.2. The van der Waals surface area contributed by atoms with Crippen molar-refractivity contribution in [2.24, 2.45) is 0 Å². The summed E-state index contributed by atoms with van der Waals surface area (Å²) in [4.78, 5) is 17.2. The summed E-state index contributed by atoms with van der Waals surface area (Å²) in [6, 6.07) is 17.7. The first-order valence-corrected chi connectivity index (χ1v) is 8.29. The van der Waals surface area contributed by atoms with Crippen LogP contribution in [0.15, 0.2) is 54.6 Å². The van der Waals surface area contributed by atoms with E-state index < -0.39 is 0 Å². The van der Waals surface area contributed by atoms with Crippen LogP contribution in [-0.2, 0) is 13.0 Å². The van der Waals surface area contributed by atoms with E-state index in [2.05, 4.69) is 28.5 Å². The van der Waals surface area contributed by atoms with Gasteiger partial charge in [-0.05, 0) is 35.2 Å². The van der Waals surface area contributed by atoms with Gasteiger partial charge in [-0.3, -0.25) is 0 Å². The quantitative estimate of drug-likeness (QED) is 0.717. The fraction of sp³-hybridized carbons (Fsp3) is 0.211. The lowest BCUT2D eigenvalue weighted by Crippen LogP contribution is -2.37. The number of rotatable bonds is 5. The molecule has 5 heteroatoms. The highest BCUT2D eigenvalue weighted by atomic mass is 35.5.